The maximum Gasteiger partial charge on any atom is 0.255 e. The highest BCUT2D eigenvalue weighted by atomic mass is 16.3. The molecule has 1 aliphatic carbocycles. The number of aryl methyl sites for hydroxylation is 2. The van der Waals surface area contributed by atoms with E-state index in [0.29, 0.717) is 29.9 Å². The van der Waals surface area contributed by atoms with Gasteiger partial charge >= 0.3 is 0 Å². The standard InChI is InChI=1S/C18H19NO3/c1-12-5-2-3-6-13(12)9-10-19-18(21)14-11-22-16-8-4-7-15(20)17(14)16/h2-3,5-6,11H,4,7-10H2,1H3,(H,19,21). The lowest BCUT2D eigenvalue weighted by Gasteiger charge is -2.10. The van der Waals surface area contributed by atoms with Gasteiger partial charge in [-0.3, -0.25) is 9.59 Å². The van der Waals surface area contributed by atoms with Crippen molar-refractivity contribution in [2.24, 2.45) is 0 Å². The fourth-order valence-corrected chi connectivity index (χ4v) is 2.89. The van der Waals surface area contributed by atoms with Crippen LogP contribution >= 0.6 is 0 Å². The predicted octanol–water partition coefficient (Wildman–Crippen LogP) is 3.08. The fraction of sp³-hybridized carbons (Fsp3) is 0.333. The van der Waals surface area contributed by atoms with Crippen LogP contribution in [0.5, 0.6) is 0 Å². The van der Waals surface area contributed by atoms with E-state index in [0.717, 1.165) is 19.3 Å². The molecule has 0 saturated carbocycles. The number of nitrogens with one attached hydrogen (secondary N) is 1. The molecule has 1 aliphatic rings. The third-order valence-corrected chi connectivity index (χ3v) is 4.14. The molecule has 4 nitrogen and oxygen atoms in total. The molecule has 0 saturated heterocycles. The number of ketones is 1. The average Bonchev–Trinajstić information content (AvgIpc) is 2.94. The van der Waals surface area contributed by atoms with E-state index < -0.39 is 0 Å². The number of carbonyl (C=O) groups excluding carboxylic acids is 2. The van der Waals surface area contributed by atoms with Crippen molar-refractivity contribution in [1.82, 2.24) is 5.32 Å². The van der Waals surface area contributed by atoms with E-state index in [4.69, 9.17) is 4.42 Å². The maximum atomic E-state index is 12.3. The van der Waals surface area contributed by atoms with E-state index in [9.17, 15) is 9.59 Å². The molecule has 3 rings (SSSR count). The Bertz CT molecular complexity index is 715. The minimum atomic E-state index is -0.228. The summed E-state index contributed by atoms with van der Waals surface area (Å²) in [7, 11) is 0. The number of hydrogen-bond acceptors (Lipinski definition) is 3. The van der Waals surface area contributed by atoms with Crippen molar-refractivity contribution in [1.29, 1.82) is 0 Å². The largest absolute Gasteiger partial charge is 0.468 e. The van der Waals surface area contributed by atoms with Crippen molar-refractivity contribution in [3.05, 3.63) is 58.5 Å². The molecular formula is C18H19NO3. The van der Waals surface area contributed by atoms with E-state index in [1.165, 1.54) is 17.4 Å². The topological polar surface area (TPSA) is 59.3 Å². The van der Waals surface area contributed by atoms with Crippen LogP contribution in [-0.4, -0.2) is 18.2 Å². The van der Waals surface area contributed by atoms with Crippen LogP contribution in [0.15, 0.2) is 34.9 Å². The van der Waals surface area contributed by atoms with Crippen molar-refractivity contribution in [2.75, 3.05) is 6.54 Å². The van der Waals surface area contributed by atoms with Gasteiger partial charge in [-0.1, -0.05) is 24.3 Å². The molecule has 2 aromatic rings. The van der Waals surface area contributed by atoms with Crippen LogP contribution in [0.2, 0.25) is 0 Å². The Hall–Kier alpha value is -2.36. The van der Waals surface area contributed by atoms with Crippen LogP contribution in [0.25, 0.3) is 0 Å². The highest BCUT2D eigenvalue weighted by Crippen LogP contribution is 2.26. The number of rotatable bonds is 4. The number of amides is 1. The third kappa shape index (κ3) is 2.82. The third-order valence-electron chi connectivity index (χ3n) is 4.14. The van der Waals surface area contributed by atoms with Crippen molar-refractivity contribution in [2.45, 2.75) is 32.6 Å². The molecule has 1 aromatic carbocycles. The summed E-state index contributed by atoms with van der Waals surface area (Å²) in [5.41, 5.74) is 3.30. The monoisotopic (exact) mass is 297 g/mol. The summed E-state index contributed by atoms with van der Waals surface area (Å²) in [5.74, 6) is 0.438. The van der Waals surface area contributed by atoms with Gasteiger partial charge < -0.3 is 9.73 Å². The van der Waals surface area contributed by atoms with Crippen LogP contribution in [0.3, 0.4) is 0 Å². The van der Waals surface area contributed by atoms with E-state index >= 15 is 0 Å². The molecule has 4 heteroatoms. The van der Waals surface area contributed by atoms with Gasteiger partial charge in [0.25, 0.3) is 5.91 Å². The minimum absolute atomic E-state index is 0.0130. The van der Waals surface area contributed by atoms with Crippen LogP contribution in [-0.2, 0) is 12.8 Å². The number of fused-ring (bicyclic) bond motifs is 1. The summed E-state index contributed by atoms with van der Waals surface area (Å²) in [5, 5.41) is 2.88. The molecule has 0 spiro atoms. The molecule has 1 N–H and O–H groups in total. The van der Waals surface area contributed by atoms with Gasteiger partial charge in [0.1, 0.15) is 12.0 Å². The zero-order valence-corrected chi connectivity index (χ0v) is 12.6. The first-order valence-electron chi connectivity index (χ1n) is 7.63. The first kappa shape index (κ1) is 14.6. The summed E-state index contributed by atoms with van der Waals surface area (Å²) >= 11 is 0. The van der Waals surface area contributed by atoms with Gasteiger partial charge in [-0.2, -0.15) is 0 Å². The summed E-state index contributed by atoms with van der Waals surface area (Å²) in [6, 6.07) is 8.11. The SMILES string of the molecule is Cc1ccccc1CCNC(=O)c1coc2c1C(=O)CCC2. The maximum absolute atomic E-state index is 12.3. The number of carbonyl (C=O) groups is 2. The van der Waals surface area contributed by atoms with Crippen LogP contribution in [0.4, 0.5) is 0 Å². The van der Waals surface area contributed by atoms with E-state index in [2.05, 4.69) is 24.4 Å². The highest BCUT2D eigenvalue weighted by molar-refractivity contribution is 6.09. The van der Waals surface area contributed by atoms with Crippen molar-refractivity contribution in [3.63, 3.8) is 0 Å². The Kier molecular flexibility index (Phi) is 4.09. The average molecular weight is 297 g/mol. The molecule has 0 atom stereocenters. The molecular weight excluding hydrogens is 278 g/mol. The van der Waals surface area contributed by atoms with Crippen LogP contribution in [0.1, 0.15) is 50.4 Å². The van der Waals surface area contributed by atoms with Gasteiger partial charge in [0.15, 0.2) is 5.78 Å². The second-order valence-corrected chi connectivity index (χ2v) is 5.66. The first-order chi connectivity index (χ1) is 10.7. The Balaban J connectivity index is 1.65. The Morgan fingerprint density at radius 2 is 2.09 bits per heavy atom. The number of Topliss-reactive ketones (excluding diaryl/α,β-unsaturated/α-hetero) is 1. The summed E-state index contributed by atoms with van der Waals surface area (Å²) in [6.45, 7) is 2.60. The predicted molar refractivity (Wildman–Crippen MR) is 83.2 cm³/mol. The van der Waals surface area contributed by atoms with E-state index in [-0.39, 0.29) is 11.7 Å². The van der Waals surface area contributed by atoms with Gasteiger partial charge in [-0.15, -0.1) is 0 Å². The summed E-state index contributed by atoms with van der Waals surface area (Å²) in [6.07, 6.45) is 4.21. The minimum Gasteiger partial charge on any atom is -0.468 e. The van der Waals surface area contributed by atoms with E-state index in [1.807, 2.05) is 12.1 Å². The van der Waals surface area contributed by atoms with Gasteiger partial charge in [-0.05, 0) is 30.9 Å². The zero-order valence-electron chi connectivity index (χ0n) is 12.6. The van der Waals surface area contributed by atoms with Crippen molar-refractivity contribution in [3.8, 4) is 0 Å². The Morgan fingerprint density at radius 3 is 2.91 bits per heavy atom. The summed E-state index contributed by atoms with van der Waals surface area (Å²) in [4.78, 5) is 24.2. The molecule has 0 radical (unpaired) electrons. The summed E-state index contributed by atoms with van der Waals surface area (Å²) < 4.78 is 5.38. The van der Waals surface area contributed by atoms with Crippen LogP contribution in [0, 0.1) is 6.92 Å². The molecule has 114 valence electrons. The molecule has 1 heterocycles. The van der Waals surface area contributed by atoms with Crippen LogP contribution < -0.4 is 5.32 Å². The van der Waals surface area contributed by atoms with Gasteiger partial charge in [0.2, 0.25) is 0 Å². The second-order valence-electron chi connectivity index (χ2n) is 5.66. The number of hydrogen-bond donors (Lipinski definition) is 1. The lowest BCUT2D eigenvalue weighted by molar-refractivity contribution is 0.0928. The molecule has 22 heavy (non-hydrogen) atoms. The molecule has 0 unspecified atom stereocenters. The second kappa shape index (κ2) is 6.18. The smallest absolute Gasteiger partial charge is 0.255 e. The number of benzene rings is 1. The molecule has 1 amide bonds. The van der Waals surface area contributed by atoms with Gasteiger partial charge in [0.05, 0.1) is 11.1 Å². The molecule has 0 aliphatic heterocycles. The zero-order chi connectivity index (χ0) is 15.5. The number of furan rings is 1. The Labute approximate surface area is 129 Å². The molecule has 0 fully saturated rings. The lowest BCUT2D eigenvalue weighted by Crippen LogP contribution is -2.27. The molecule has 1 aromatic heterocycles. The normalized spacial score (nSPS) is 13.8. The molecule has 0 bridgehead atoms. The highest BCUT2D eigenvalue weighted by Gasteiger charge is 2.27. The van der Waals surface area contributed by atoms with E-state index in [1.54, 1.807) is 0 Å². The fourth-order valence-electron chi connectivity index (χ4n) is 2.89. The lowest BCUT2D eigenvalue weighted by atomic mass is 9.94. The first-order valence-corrected chi connectivity index (χ1v) is 7.63. The van der Waals surface area contributed by atoms with Gasteiger partial charge in [-0.25, -0.2) is 0 Å². The van der Waals surface area contributed by atoms with Crippen molar-refractivity contribution >= 4 is 11.7 Å². The van der Waals surface area contributed by atoms with Crippen molar-refractivity contribution < 1.29 is 14.0 Å². The quantitative estimate of drug-likeness (QED) is 0.943. The van der Waals surface area contributed by atoms with Gasteiger partial charge in [0, 0.05) is 19.4 Å². The Morgan fingerprint density at radius 1 is 1.27 bits per heavy atom.